The summed E-state index contributed by atoms with van der Waals surface area (Å²) >= 11 is 0. The molecule has 5 heteroatoms. The molecule has 1 N–H and O–H groups in total. The molecule has 0 amide bonds. The van der Waals surface area contributed by atoms with Crippen molar-refractivity contribution in [1.29, 1.82) is 0 Å². The van der Waals surface area contributed by atoms with E-state index in [4.69, 9.17) is 0 Å². The lowest BCUT2D eigenvalue weighted by atomic mass is 10.1. The van der Waals surface area contributed by atoms with Crippen molar-refractivity contribution in [2.45, 2.75) is 25.9 Å². The summed E-state index contributed by atoms with van der Waals surface area (Å²) in [5.41, 5.74) is 1.72. The fourth-order valence-electron chi connectivity index (χ4n) is 2.75. The van der Waals surface area contributed by atoms with Gasteiger partial charge in [-0.3, -0.25) is 9.20 Å². The number of aromatic nitrogens is 2. The molecule has 3 rings (SSSR count). The van der Waals surface area contributed by atoms with Crippen LogP contribution in [-0.2, 0) is 0 Å². The zero-order valence-electron chi connectivity index (χ0n) is 11.2. The fourth-order valence-corrected chi connectivity index (χ4v) is 2.75. The Morgan fingerprint density at radius 1 is 1.21 bits per heavy atom. The van der Waals surface area contributed by atoms with Gasteiger partial charge in [-0.1, -0.05) is 0 Å². The Kier molecular flexibility index (Phi) is 2.98. The molecule has 0 saturated carbocycles. The van der Waals surface area contributed by atoms with E-state index < -0.39 is 0 Å². The molecule has 100 valence electrons. The lowest BCUT2D eigenvalue weighted by Crippen LogP contribution is -2.54. The van der Waals surface area contributed by atoms with Crippen LogP contribution in [-0.4, -0.2) is 34.6 Å². The van der Waals surface area contributed by atoms with E-state index in [0.717, 1.165) is 18.8 Å². The van der Waals surface area contributed by atoms with Gasteiger partial charge in [-0.05, 0) is 26.0 Å². The monoisotopic (exact) mass is 258 g/mol. The summed E-state index contributed by atoms with van der Waals surface area (Å²) < 4.78 is 1.60. The van der Waals surface area contributed by atoms with Crippen LogP contribution in [0, 0.1) is 0 Å². The predicted molar refractivity (Wildman–Crippen MR) is 75.7 cm³/mol. The van der Waals surface area contributed by atoms with Crippen LogP contribution in [0.3, 0.4) is 0 Å². The first-order valence-electron chi connectivity index (χ1n) is 6.62. The molecule has 1 saturated heterocycles. The Labute approximate surface area is 111 Å². The zero-order chi connectivity index (χ0) is 13.4. The number of hydrogen-bond acceptors (Lipinski definition) is 4. The van der Waals surface area contributed by atoms with Gasteiger partial charge in [0.25, 0.3) is 5.56 Å². The number of rotatable bonds is 1. The minimum atomic E-state index is -0.0388. The third-order valence-corrected chi connectivity index (χ3v) is 3.50. The Hall–Kier alpha value is -1.88. The van der Waals surface area contributed by atoms with Crippen molar-refractivity contribution < 1.29 is 0 Å². The largest absolute Gasteiger partial charge is 0.367 e. The number of nitrogens with one attached hydrogen (secondary N) is 1. The highest BCUT2D eigenvalue weighted by Gasteiger charge is 2.21. The predicted octanol–water partition coefficient (Wildman–Crippen LogP) is 0.881. The maximum atomic E-state index is 11.8. The third-order valence-electron chi connectivity index (χ3n) is 3.50. The van der Waals surface area contributed by atoms with Crippen LogP contribution in [0.25, 0.3) is 5.65 Å². The second kappa shape index (κ2) is 4.66. The summed E-state index contributed by atoms with van der Waals surface area (Å²) in [5.74, 6) is 0. The SMILES string of the molecule is C[C@@H]1CN(c2ccc3nccc(=O)n3c2)C[C@H](C)N1. The van der Waals surface area contributed by atoms with Crippen molar-refractivity contribution in [2.75, 3.05) is 18.0 Å². The maximum Gasteiger partial charge on any atom is 0.257 e. The van der Waals surface area contributed by atoms with E-state index >= 15 is 0 Å². The van der Waals surface area contributed by atoms with Gasteiger partial charge < -0.3 is 10.2 Å². The number of piperazine rings is 1. The van der Waals surface area contributed by atoms with E-state index in [2.05, 4.69) is 29.0 Å². The molecule has 0 spiro atoms. The summed E-state index contributed by atoms with van der Waals surface area (Å²) in [6, 6.07) is 6.32. The van der Waals surface area contributed by atoms with Crippen molar-refractivity contribution >= 4 is 11.3 Å². The van der Waals surface area contributed by atoms with Crippen molar-refractivity contribution in [3.05, 3.63) is 40.9 Å². The normalized spacial score (nSPS) is 23.8. The molecule has 1 aliphatic heterocycles. The minimum Gasteiger partial charge on any atom is -0.367 e. The van der Waals surface area contributed by atoms with Gasteiger partial charge >= 0.3 is 0 Å². The lowest BCUT2D eigenvalue weighted by Gasteiger charge is -2.37. The van der Waals surface area contributed by atoms with Gasteiger partial charge in [0.2, 0.25) is 0 Å². The molecule has 1 aliphatic rings. The lowest BCUT2D eigenvalue weighted by molar-refractivity contribution is 0.407. The quantitative estimate of drug-likeness (QED) is 0.825. The first-order chi connectivity index (χ1) is 9.13. The molecule has 0 aromatic carbocycles. The average molecular weight is 258 g/mol. The number of pyridine rings is 1. The average Bonchev–Trinajstić information content (AvgIpc) is 2.38. The van der Waals surface area contributed by atoms with Gasteiger partial charge in [0.1, 0.15) is 5.65 Å². The molecular formula is C14H18N4O. The highest BCUT2D eigenvalue weighted by Crippen LogP contribution is 2.17. The number of hydrogen-bond donors (Lipinski definition) is 1. The van der Waals surface area contributed by atoms with E-state index in [9.17, 15) is 4.79 Å². The molecule has 0 unspecified atom stereocenters. The van der Waals surface area contributed by atoms with Crippen LogP contribution in [0.5, 0.6) is 0 Å². The van der Waals surface area contributed by atoms with Crippen LogP contribution in [0.4, 0.5) is 5.69 Å². The van der Waals surface area contributed by atoms with Gasteiger partial charge in [-0.2, -0.15) is 0 Å². The standard InChI is InChI=1S/C14H18N4O/c1-10-7-17(8-11(2)16-10)12-3-4-13-15-6-5-14(19)18(13)9-12/h3-6,9-11,16H,7-8H2,1-2H3/t10-,11+. The third kappa shape index (κ3) is 2.33. The van der Waals surface area contributed by atoms with E-state index in [1.165, 1.54) is 6.07 Å². The molecule has 2 aromatic rings. The van der Waals surface area contributed by atoms with Crippen molar-refractivity contribution in [3.63, 3.8) is 0 Å². The van der Waals surface area contributed by atoms with Crippen molar-refractivity contribution in [3.8, 4) is 0 Å². The van der Waals surface area contributed by atoms with Gasteiger partial charge in [0.05, 0.1) is 5.69 Å². The first kappa shape index (κ1) is 12.2. The van der Waals surface area contributed by atoms with Gasteiger partial charge in [0.15, 0.2) is 0 Å². The molecule has 19 heavy (non-hydrogen) atoms. The highest BCUT2D eigenvalue weighted by molar-refractivity contribution is 5.52. The highest BCUT2D eigenvalue weighted by atomic mass is 16.1. The zero-order valence-corrected chi connectivity index (χ0v) is 11.2. The molecule has 0 radical (unpaired) electrons. The summed E-state index contributed by atoms with van der Waals surface area (Å²) in [6.07, 6.45) is 3.43. The van der Waals surface area contributed by atoms with Crippen LogP contribution in [0.15, 0.2) is 35.4 Å². The van der Waals surface area contributed by atoms with Gasteiger partial charge in [0, 0.05) is 43.6 Å². The van der Waals surface area contributed by atoms with E-state index in [-0.39, 0.29) is 5.56 Å². The topological polar surface area (TPSA) is 49.6 Å². The van der Waals surface area contributed by atoms with Crippen molar-refractivity contribution in [2.24, 2.45) is 0 Å². The van der Waals surface area contributed by atoms with Crippen LogP contribution >= 0.6 is 0 Å². The molecule has 0 aliphatic carbocycles. The van der Waals surface area contributed by atoms with E-state index in [0.29, 0.717) is 17.7 Å². The molecule has 2 aromatic heterocycles. The van der Waals surface area contributed by atoms with Crippen molar-refractivity contribution in [1.82, 2.24) is 14.7 Å². The maximum absolute atomic E-state index is 11.8. The Bertz CT molecular complexity index is 641. The van der Waals surface area contributed by atoms with Crippen LogP contribution < -0.4 is 15.8 Å². The summed E-state index contributed by atoms with van der Waals surface area (Å²) in [4.78, 5) is 18.3. The number of anilines is 1. The Balaban J connectivity index is 2.01. The molecule has 5 nitrogen and oxygen atoms in total. The molecule has 1 fully saturated rings. The van der Waals surface area contributed by atoms with Crippen LogP contribution in [0.2, 0.25) is 0 Å². The summed E-state index contributed by atoms with van der Waals surface area (Å²) in [6.45, 7) is 6.25. The van der Waals surface area contributed by atoms with Gasteiger partial charge in [-0.15, -0.1) is 0 Å². The minimum absolute atomic E-state index is 0.0388. The number of nitrogens with zero attached hydrogens (tertiary/aromatic N) is 3. The summed E-state index contributed by atoms with van der Waals surface area (Å²) in [5, 5.41) is 3.50. The molecular weight excluding hydrogens is 240 g/mol. The number of fused-ring (bicyclic) bond motifs is 1. The molecule has 0 bridgehead atoms. The Morgan fingerprint density at radius 2 is 1.95 bits per heavy atom. The van der Waals surface area contributed by atoms with Crippen LogP contribution in [0.1, 0.15) is 13.8 Å². The van der Waals surface area contributed by atoms with E-state index in [1.807, 2.05) is 18.3 Å². The second-order valence-electron chi connectivity index (χ2n) is 5.27. The summed E-state index contributed by atoms with van der Waals surface area (Å²) in [7, 11) is 0. The van der Waals surface area contributed by atoms with Gasteiger partial charge in [-0.25, -0.2) is 4.98 Å². The van der Waals surface area contributed by atoms with E-state index in [1.54, 1.807) is 10.6 Å². The second-order valence-corrected chi connectivity index (χ2v) is 5.27. The fraction of sp³-hybridized carbons (Fsp3) is 0.429. The molecule has 3 heterocycles. The first-order valence-corrected chi connectivity index (χ1v) is 6.62. The smallest absolute Gasteiger partial charge is 0.257 e. The molecule has 2 atom stereocenters. The Morgan fingerprint density at radius 3 is 2.68 bits per heavy atom.